The fourth-order valence-corrected chi connectivity index (χ4v) is 4.26. The monoisotopic (exact) mass is 462 g/mol. The van der Waals surface area contributed by atoms with Crippen LogP contribution in [-0.2, 0) is 4.79 Å². The molecular formula is C24H30N8O2. The molecule has 2 aromatic heterocycles. The third-order valence-electron chi connectivity index (χ3n) is 6.45. The van der Waals surface area contributed by atoms with Gasteiger partial charge in [-0.25, -0.2) is 9.97 Å². The van der Waals surface area contributed by atoms with Crippen LogP contribution in [0.15, 0.2) is 47.1 Å². The Morgan fingerprint density at radius 1 is 1.09 bits per heavy atom. The number of benzene rings is 1. The van der Waals surface area contributed by atoms with Gasteiger partial charge in [0.25, 0.3) is 6.01 Å². The SMILES string of the molecule is CN1CCN(c2ccnc(Nc3cccc(-c4cnc(N5CCNC(=O)C5(C)C)o4)c3)n2)CC1. The van der Waals surface area contributed by atoms with Crippen molar-refractivity contribution < 1.29 is 9.21 Å². The Morgan fingerprint density at radius 3 is 2.74 bits per heavy atom. The van der Waals surface area contributed by atoms with Gasteiger partial charge in [0.2, 0.25) is 11.9 Å². The summed E-state index contributed by atoms with van der Waals surface area (Å²) < 4.78 is 6.07. The van der Waals surface area contributed by atoms with Gasteiger partial charge in [-0.15, -0.1) is 0 Å². The molecule has 10 nitrogen and oxygen atoms in total. The molecule has 2 N–H and O–H groups in total. The van der Waals surface area contributed by atoms with Gasteiger partial charge in [0, 0.05) is 56.7 Å². The van der Waals surface area contributed by atoms with Crippen molar-refractivity contribution in [2.75, 3.05) is 61.4 Å². The number of piperazine rings is 2. The van der Waals surface area contributed by atoms with Crippen molar-refractivity contribution in [3.05, 3.63) is 42.7 Å². The van der Waals surface area contributed by atoms with Crippen molar-refractivity contribution in [2.24, 2.45) is 0 Å². The second-order valence-electron chi connectivity index (χ2n) is 9.21. The molecule has 4 heterocycles. The molecule has 0 aliphatic carbocycles. The first kappa shape index (κ1) is 22.1. The van der Waals surface area contributed by atoms with E-state index in [0.717, 1.165) is 43.2 Å². The van der Waals surface area contributed by atoms with Gasteiger partial charge in [0.1, 0.15) is 11.4 Å². The molecular weight excluding hydrogens is 432 g/mol. The number of rotatable bonds is 5. The van der Waals surface area contributed by atoms with Gasteiger partial charge >= 0.3 is 0 Å². The van der Waals surface area contributed by atoms with Crippen LogP contribution in [0.2, 0.25) is 0 Å². The minimum atomic E-state index is -0.726. The topological polar surface area (TPSA) is 103 Å². The predicted octanol–water partition coefficient (Wildman–Crippen LogP) is 2.34. The fraction of sp³-hybridized carbons (Fsp3) is 0.417. The average molecular weight is 463 g/mol. The van der Waals surface area contributed by atoms with Gasteiger partial charge in [0.15, 0.2) is 5.76 Å². The summed E-state index contributed by atoms with van der Waals surface area (Å²) in [5.74, 6) is 2.07. The van der Waals surface area contributed by atoms with E-state index in [0.29, 0.717) is 30.8 Å². The maximum absolute atomic E-state index is 12.3. The highest BCUT2D eigenvalue weighted by molar-refractivity contribution is 5.89. The number of carbonyl (C=O) groups excluding carboxylic acids is 1. The lowest BCUT2D eigenvalue weighted by atomic mass is 10.00. The first-order chi connectivity index (χ1) is 16.4. The summed E-state index contributed by atoms with van der Waals surface area (Å²) in [6, 6.07) is 10.2. The number of nitrogens with one attached hydrogen (secondary N) is 2. The Balaban J connectivity index is 1.32. The Kier molecular flexibility index (Phi) is 5.82. The average Bonchev–Trinajstić information content (AvgIpc) is 3.32. The summed E-state index contributed by atoms with van der Waals surface area (Å²) >= 11 is 0. The number of likely N-dealkylation sites (N-methyl/N-ethyl adjacent to an activating group) is 1. The summed E-state index contributed by atoms with van der Waals surface area (Å²) in [7, 11) is 2.14. The number of carbonyl (C=O) groups is 1. The highest BCUT2D eigenvalue weighted by Gasteiger charge is 2.40. The Bertz CT molecular complexity index is 1170. The van der Waals surface area contributed by atoms with E-state index in [2.05, 4.69) is 37.4 Å². The molecule has 10 heteroatoms. The third kappa shape index (κ3) is 4.41. The van der Waals surface area contributed by atoms with Crippen molar-refractivity contribution in [1.82, 2.24) is 25.2 Å². The maximum atomic E-state index is 12.3. The number of hydrogen-bond acceptors (Lipinski definition) is 9. The van der Waals surface area contributed by atoms with Crippen molar-refractivity contribution >= 4 is 29.4 Å². The van der Waals surface area contributed by atoms with Gasteiger partial charge in [0.05, 0.1) is 6.20 Å². The van der Waals surface area contributed by atoms with Crippen molar-refractivity contribution in [2.45, 2.75) is 19.4 Å². The second kappa shape index (κ2) is 8.94. The highest BCUT2D eigenvalue weighted by Crippen LogP contribution is 2.31. The number of hydrogen-bond donors (Lipinski definition) is 2. The van der Waals surface area contributed by atoms with E-state index in [1.165, 1.54) is 0 Å². The first-order valence-corrected chi connectivity index (χ1v) is 11.6. The van der Waals surface area contributed by atoms with Crippen molar-refractivity contribution in [1.29, 1.82) is 0 Å². The van der Waals surface area contributed by atoms with Crippen LogP contribution in [-0.4, -0.2) is 77.6 Å². The van der Waals surface area contributed by atoms with Crippen LogP contribution in [0.5, 0.6) is 0 Å². The number of nitrogens with zero attached hydrogens (tertiary/aromatic N) is 6. The van der Waals surface area contributed by atoms with E-state index in [1.54, 1.807) is 12.4 Å². The van der Waals surface area contributed by atoms with Crippen LogP contribution < -0.4 is 20.4 Å². The van der Waals surface area contributed by atoms with E-state index in [-0.39, 0.29) is 5.91 Å². The number of amides is 1. The maximum Gasteiger partial charge on any atom is 0.298 e. The molecule has 0 bridgehead atoms. The van der Waals surface area contributed by atoms with Crippen LogP contribution in [0.1, 0.15) is 13.8 Å². The predicted molar refractivity (Wildman–Crippen MR) is 131 cm³/mol. The van der Waals surface area contributed by atoms with Gasteiger partial charge in [-0.1, -0.05) is 12.1 Å². The van der Waals surface area contributed by atoms with Gasteiger partial charge in [-0.05, 0) is 39.1 Å². The Hall–Kier alpha value is -3.66. The van der Waals surface area contributed by atoms with E-state index in [1.807, 2.05) is 49.1 Å². The zero-order valence-electron chi connectivity index (χ0n) is 19.8. The minimum Gasteiger partial charge on any atom is -0.423 e. The smallest absolute Gasteiger partial charge is 0.298 e. The quantitative estimate of drug-likeness (QED) is 0.591. The first-order valence-electron chi connectivity index (χ1n) is 11.6. The molecule has 2 aliphatic rings. The largest absolute Gasteiger partial charge is 0.423 e. The lowest BCUT2D eigenvalue weighted by Crippen LogP contribution is -2.62. The van der Waals surface area contributed by atoms with Crippen LogP contribution >= 0.6 is 0 Å². The standard InChI is InChI=1S/C24H30N8O2/c1-24(2)21(33)25-9-10-32(24)23-27-16-19(34-23)17-5-4-6-18(15-17)28-22-26-8-7-20(29-22)31-13-11-30(3)12-14-31/h4-8,15-16H,9-14H2,1-3H3,(H,25,33)(H,26,28,29). The lowest BCUT2D eigenvalue weighted by Gasteiger charge is -2.40. The van der Waals surface area contributed by atoms with E-state index in [9.17, 15) is 4.79 Å². The van der Waals surface area contributed by atoms with E-state index >= 15 is 0 Å². The normalized spacial score (nSPS) is 18.6. The van der Waals surface area contributed by atoms with Gasteiger partial charge in [-0.3, -0.25) is 4.79 Å². The second-order valence-corrected chi connectivity index (χ2v) is 9.21. The molecule has 5 rings (SSSR count). The zero-order valence-corrected chi connectivity index (χ0v) is 19.8. The van der Waals surface area contributed by atoms with Gasteiger partial charge < -0.3 is 29.8 Å². The lowest BCUT2D eigenvalue weighted by molar-refractivity contribution is -0.126. The Labute approximate surface area is 199 Å². The van der Waals surface area contributed by atoms with Crippen molar-refractivity contribution in [3.63, 3.8) is 0 Å². The fourth-order valence-electron chi connectivity index (χ4n) is 4.26. The minimum absolute atomic E-state index is 0.0384. The summed E-state index contributed by atoms with van der Waals surface area (Å²) in [6.07, 6.45) is 3.48. The van der Waals surface area contributed by atoms with Crippen molar-refractivity contribution in [3.8, 4) is 11.3 Å². The highest BCUT2D eigenvalue weighted by atomic mass is 16.4. The molecule has 2 saturated heterocycles. The molecule has 2 fully saturated rings. The van der Waals surface area contributed by atoms with E-state index < -0.39 is 5.54 Å². The molecule has 0 spiro atoms. The molecule has 178 valence electrons. The Morgan fingerprint density at radius 2 is 1.91 bits per heavy atom. The molecule has 0 unspecified atom stereocenters. The number of anilines is 4. The molecule has 0 atom stereocenters. The molecule has 1 aromatic carbocycles. The van der Waals surface area contributed by atoms with Crippen LogP contribution in [0, 0.1) is 0 Å². The summed E-state index contributed by atoms with van der Waals surface area (Å²) in [5.41, 5.74) is 0.998. The molecule has 0 saturated carbocycles. The zero-order chi connectivity index (χ0) is 23.7. The van der Waals surface area contributed by atoms with Crippen LogP contribution in [0.3, 0.4) is 0 Å². The summed E-state index contributed by atoms with van der Waals surface area (Å²) in [5, 5.41) is 6.20. The summed E-state index contributed by atoms with van der Waals surface area (Å²) in [6.45, 7) is 8.88. The summed E-state index contributed by atoms with van der Waals surface area (Å²) in [4.78, 5) is 32.3. The third-order valence-corrected chi connectivity index (χ3v) is 6.45. The number of oxazole rings is 1. The van der Waals surface area contributed by atoms with Crippen LogP contribution in [0.25, 0.3) is 11.3 Å². The molecule has 2 aliphatic heterocycles. The molecule has 34 heavy (non-hydrogen) atoms. The molecule has 3 aromatic rings. The van der Waals surface area contributed by atoms with Crippen LogP contribution in [0.4, 0.5) is 23.5 Å². The van der Waals surface area contributed by atoms with E-state index in [4.69, 9.17) is 9.40 Å². The van der Waals surface area contributed by atoms with Gasteiger partial charge in [-0.2, -0.15) is 4.98 Å². The molecule has 0 radical (unpaired) electrons. The molecule has 1 amide bonds. The number of aromatic nitrogens is 3.